The first-order chi connectivity index (χ1) is 15.2. The van der Waals surface area contributed by atoms with E-state index in [0.717, 1.165) is 17.0 Å². The van der Waals surface area contributed by atoms with Gasteiger partial charge >= 0.3 is 0 Å². The standard InChI is InChI=1S/C22H19N5O4/c1-27-12-14(9-26-27)19-7-15(5-6-23-19)30-17-8-20-22(25-11-17)31-21(13-29-20)18-4-3-16(28-2)10-24-18/h3-12,21H,13H2,1-2H3/t21-/m0/s1. The fourth-order valence-corrected chi connectivity index (χ4v) is 3.17. The van der Waals surface area contributed by atoms with Crippen LogP contribution in [-0.2, 0) is 7.05 Å². The molecule has 4 aromatic heterocycles. The number of nitrogens with zero attached hydrogens (tertiary/aromatic N) is 5. The minimum absolute atomic E-state index is 0.317. The average Bonchev–Trinajstić information content (AvgIpc) is 3.25. The van der Waals surface area contributed by atoms with Gasteiger partial charge in [-0.3, -0.25) is 14.6 Å². The fraction of sp³-hybridized carbons (Fsp3) is 0.182. The minimum atomic E-state index is -0.347. The summed E-state index contributed by atoms with van der Waals surface area (Å²) in [6.45, 7) is 0.317. The monoisotopic (exact) mass is 417 g/mol. The summed E-state index contributed by atoms with van der Waals surface area (Å²) in [5, 5.41) is 4.18. The van der Waals surface area contributed by atoms with Crippen LogP contribution in [0.15, 0.2) is 61.3 Å². The second-order valence-electron chi connectivity index (χ2n) is 6.90. The van der Waals surface area contributed by atoms with Crippen LogP contribution in [0, 0.1) is 0 Å². The molecule has 0 radical (unpaired) electrons. The molecular weight excluding hydrogens is 398 g/mol. The molecule has 1 aliphatic rings. The molecule has 0 aromatic carbocycles. The first kappa shape index (κ1) is 18.9. The predicted octanol–water partition coefficient (Wildman–Crippen LogP) is 3.59. The van der Waals surface area contributed by atoms with E-state index >= 15 is 0 Å². The van der Waals surface area contributed by atoms with Crippen LogP contribution in [0.2, 0.25) is 0 Å². The summed E-state index contributed by atoms with van der Waals surface area (Å²) >= 11 is 0. The molecule has 0 unspecified atom stereocenters. The van der Waals surface area contributed by atoms with E-state index in [4.69, 9.17) is 18.9 Å². The Morgan fingerprint density at radius 2 is 1.90 bits per heavy atom. The summed E-state index contributed by atoms with van der Waals surface area (Å²) in [4.78, 5) is 13.1. The van der Waals surface area contributed by atoms with Crippen molar-refractivity contribution in [3.05, 3.63) is 67.0 Å². The van der Waals surface area contributed by atoms with Crippen molar-refractivity contribution in [2.24, 2.45) is 7.05 Å². The van der Waals surface area contributed by atoms with Crippen molar-refractivity contribution in [2.45, 2.75) is 6.10 Å². The third kappa shape index (κ3) is 3.97. The van der Waals surface area contributed by atoms with Crippen LogP contribution in [0.1, 0.15) is 11.8 Å². The summed E-state index contributed by atoms with van der Waals surface area (Å²) in [5.41, 5.74) is 2.42. The highest BCUT2D eigenvalue weighted by atomic mass is 16.6. The van der Waals surface area contributed by atoms with Crippen molar-refractivity contribution in [3.63, 3.8) is 0 Å². The van der Waals surface area contributed by atoms with Crippen LogP contribution in [-0.4, -0.2) is 38.4 Å². The number of aromatic nitrogens is 5. The Balaban J connectivity index is 1.31. The molecule has 4 aromatic rings. The zero-order valence-corrected chi connectivity index (χ0v) is 16.9. The SMILES string of the molecule is COc1ccc([C@@H]2COc3cc(Oc4ccnc(-c5cnn(C)c5)c4)cnc3O2)nc1. The Kier molecular flexibility index (Phi) is 4.83. The fourth-order valence-electron chi connectivity index (χ4n) is 3.17. The van der Waals surface area contributed by atoms with E-state index in [0.29, 0.717) is 35.5 Å². The Morgan fingerprint density at radius 3 is 2.68 bits per heavy atom. The van der Waals surface area contributed by atoms with Gasteiger partial charge in [-0.15, -0.1) is 0 Å². The van der Waals surface area contributed by atoms with Crippen molar-refractivity contribution in [1.82, 2.24) is 24.7 Å². The van der Waals surface area contributed by atoms with Gasteiger partial charge < -0.3 is 18.9 Å². The molecule has 0 N–H and O–H groups in total. The van der Waals surface area contributed by atoms with Gasteiger partial charge in [-0.2, -0.15) is 5.10 Å². The Labute approximate surface area is 178 Å². The van der Waals surface area contributed by atoms with Gasteiger partial charge in [0.15, 0.2) is 11.9 Å². The zero-order valence-electron chi connectivity index (χ0n) is 16.9. The first-order valence-corrected chi connectivity index (χ1v) is 9.60. The van der Waals surface area contributed by atoms with E-state index in [1.165, 1.54) is 0 Å². The van der Waals surface area contributed by atoms with E-state index in [2.05, 4.69) is 20.1 Å². The van der Waals surface area contributed by atoms with Crippen molar-refractivity contribution in [3.8, 4) is 40.1 Å². The van der Waals surface area contributed by atoms with Gasteiger partial charge in [-0.1, -0.05) is 0 Å². The van der Waals surface area contributed by atoms with Crippen LogP contribution in [0.4, 0.5) is 0 Å². The summed E-state index contributed by atoms with van der Waals surface area (Å²) in [7, 11) is 3.46. The number of fused-ring (bicyclic) bond motifs is 1. The van der Waals surface area contributed by atoms with Gasteiger partial charge in [-0.05, 0) is 18.2 Å². The highest BCUT2D eigenvalue weighted by Gasteiger charge is 2.25. The Morgan fingerprint density at radius 1 is 1.00 bits per heavy atom. The predicted molar refractivity (Wildman–Crippen MR) is 110 cm³/mol. The molecule has 1 atom stereocenters. The average molecular weight is 417 g/mol. The molecule has 0 bridgehead atoms. The maximum absolute atomic E-state index is 5.96. The summed E-state index contributed by atoms with van der Waals surface area (Å²) in [6.07, 6.45) is 8.23. The van der Waals surface area contributed by atoms with Gasteiger partial charge in [0.05, 0.1) is 37.1 Å². The van der Waals surface area contributed by atoms with Crippen LogP contribution in [0.3, 0.4) is 0 Å². The molecule has 0 saturated carbocycles. The molecule has 0 saturated heterocycles. The van der Waals surface area contributed by atoms with Crippen molar-refractivity contribution in [2.75, 3.05) is 13.7 Å². The molecule has 5 rings (SSSR count). The van der Waals surface area contributed by atoms with E-state index in [9.17, 15) is 0 Å². The molecule has 31 heavy (non-hydrogen) atoms. The number of hydrogen-bond donors (Lipinski definition) is 0. The van der Waals surface area contributed by atoms with Crippen LogP contribution in [0.25, 0.3) is 11.3 Å². The molecule has 0 spiro atoms. The van der Waals surface area contributed by atoms with E-state index in [-0.39, 0.29) is 6.10 Å². The number of pyridine rings is 3. The Bertz CT molecular complexity index is 1210. The van der Waals surface area contributed by atoms with Gasteiger partial charge in [0.25, 0.3) is 5.88 Å². The molecule has 156 valence electrons. The largest absolute Gasteiger partial charge is 0.495 e. The molecule has 0 aliphatic carbocycles. The first-order valence-electron chi connectivity index (χ1n) is 9.60. The van der Waals surface area contributed by atoms with Gasteiger partial charge in [0.1, 0.15) is 23.9 Å². The number of ether oxygens (including phenoxy) is 4. The second-order valence-corrected chi connectivity index (χ2v) is 6.90. The van der Waals surface area contributed by atoms with E-state index in [1.807, 2.05) is 31.4 Å². The van der Waals surface area contributed by atoms with Crippen LogP contribution < -0.4 is 18.9 Å². The molecule has 5 heterocycles. The summed E-state index contributed by atoms with van der Waals surface area (Å²) in [5.74, 6) is 2.76. The molecule has 9 nitrogen and oxygen atoms in total. The molecule has 1 aliphatic heterocycles. The minimum Gasteiger partial charge on any atom is -0.495 e. The Hall–Kier alpha value is -4.14. The van der Waals surface area contributed by atoms with Crippen LogP contribution >= 0.6 is 0 Å². The smallest absolute Gasteiger partial charge is 0.258 e. The van der Waals surface area contributed by atoms with Gasteiger partial charge in [0.2, 0.25) is 0 Å². The van der Waals surface area contributed by atoms with Crippen LogP contribution in [0.5, 0.6) is 28.9 Å². The lowest BCUT2D eigenvalue weighted by Crippen LogP contribution is -2.23. The number of aryl methyl sites for hydroxylation is 1. The normalized spacial score (nSPS) is 14.8. The summed E-state index contributed by atoms with van der Waals surface area (Å²) < 4.78 is 24.6. The lowest BCUT2D eigenvalue weighted by atomic mass is 10.2. The molecule has 0 fully saturated rings. The number of hydrogen-bond acceptors (Lipinski definition) is 8. The van der Waals surface area contributed by atoms with E-state index in [1.54, 1.807) is 48.7 Å². The highest BCUT2D eigenvalue weighted by Crippen LogP contribution is 2.37. The lowest BCUT2D eigenvalue weighted by Gasteiger charge is -2.25. The van der Waals surface area contributed by atoms with Crippen molar-refractivity contribution < 1.29 is 18.9 Å². The number of methoxy groups -OCH3 is 1. The quantitative estimate of drug-likeness (QED) is 0.486. The van der Waals surface area contributed by atoms with Gasteiger partial charge in [0, 0.05) is 37.1 Å². The third-order valence-corrected chi connectivity index (χ3v) is 4.73. The van der Waals surface area contributed by atoms with Crippen molar-refractivity contribution in [1.29, 1.82) is 0 Å². The second kappa shape index (κ2) is 7.94. The third-order valence-electron chi connectivity index (χ3n) is 4.73. The summed E-state index contributed by atoms with van der Waals surface area (Å²) in [6, 6.07) is 9.06. The maximum Gasteiger partial charge on any atom is 0.258 e. The molecule has 0 amide bonds. The highest BCUT2D eigenvalue weighted by molar-refractivity contribution is 5.59. The molecule has 9 heteroatoms. The maximum atomic E-state index is 5.96. The number of rotatable bonds is 5. The lowest BCUT2D eigenvalue weighted by molar-refractivity contribution is 0.0817. The topological polar surface area (TPSA) is 93.4 Å². The van der Waals surface area contributed by atoms with Gasteiger partial charge in [-0.25, -0.2) is 4.98 Å². The molecular formula is C22H19N5O4. The zero-order chi connectivity index (χ0) is 21.2. The van der Waals surface area contributed by atoms with Crippen molar-refractivity contribution >= 4 is 0 Å². The van der Waals surface area contributed by atoms with E-state index < -0.39 is 0 Å².